The van der Waals surface area contributed by atoms with Crippen LogP contribution in [-0.4, -0.2) is 44.1 Å². The van der Waals surface area contributed by atoms with E-state index in [0.29, 0.717) is 0 Å². The zero-order valence-corrected chi connectivity index (χ0v) is 8.88. The van der Waals surface area contributed by atoms with Gasteiger partial charge in [0.05, 0.1) is 11.9 Å². The second-order valence-electron chi connectivity index (χ2n) is 3.77. The van der Waals surface area contributed by atoms with Crippen LogP contribution in [0, 0.1) is 5.92 Å². The van der Waals surface area contributed by atoms with E-state index in [1.807, 2.05) is 0 Å². The summed E-state index contributed by atoms with van der Waals surface area (Å²) in [5, 5.41) is 11.8. The number of rotatable bonds is 5. The minimum absolute atomic E-state index is 0.0163. The van der Waals surface area contributed by atoms with Crippen LogP contribution in [0.5, 0.6) is 0 Å². The molecule has 0 spiro atoms. The van der Waals surface area contributed by atoms with E-state index in [0.717, 1.165) is 19.1 Å². The Kier molecular flexibility index (Phi) is 3.49. The first-order chi connectivity index (χ1) is 6.38. The predicted molar refractivity (Wildman–Crippen MR) is 51.5 cm³/mol. The minimum atomic E-state index is -3.18. The van der Waals surface area contributed by atoms with Crippen LogP contribution in [0.3, 0.4) is 0 Å². The van der Waals surface area contributed by atoms with Crippen molar-refractivity contribution in [2.45, 2.75) is 18.9 Å². The molecule has 82 valence electrons. The lowest BCUT2D eigenvalue weighted by molar-refractivity contribution is -0.122. The summed E-state index contributed by atoms with van der Waals surface area (Å²) in [6.07, 6.45) is 1.84. The van der Waals surface area contributed by atoms with E-state index in [-0.39, 0.29) is 24.1 Å². The first-order valence-electron chi connectivity index (χ1n) is 4.52. The number of amides is 1. The summed E-state index contributed by atoms with van der Waals surface area (Å²) in [5.41, 5.74) is 0. The molecule has 0 heterocycles. The van der Waals surface area contributed by atoms with Crippen molar-refractivity contribution in [3.05, 3.63) is 0 Å². The fourth-order valence-corrected chi connectivity index (χ4v) is 1.93. The summed E-state index contributed by atoms with van der Waals surface area (Å²) >= 11 is 0. The lowest BCUT2D eigenvalue weighted by Gasteiger charge is -2.10. The van der Waals surface area contributed by atoms with Crippen LogP contribution < -0.4 is 5.32 Å². The van der Waals surface area contributed by atoms with Crippen molar-refractivity contribution in [2.24, 2.45) is 5.92 Å². The average Bonchev–Trinajstić information content (AvgIpc) is 2.78. The molecule has 1 amide bonds. The Bertz CT molecular complexity index is 307. The number of carbonyl (C=O) groups excluding carboxylic acids is 1. The highest BCUT2D eigenvalue weighted by Crippen LogP contribution is 2.28. The second kappa shape index (κ2) is 4.27. The number of hydrogen-bond donors (Lipinski definition) is 2. The SMILES string of the molecule is CS(=O)(=O)CC(O)CNC(=O)C1CC1. The minimum Gasteiger partial charge on any atom is -0.390 e. The lowest BCUT2D eigenvalue weighted by atomic mass is 10.3. The van der Waals surface area contributed by atoms with Gasteiger partial charge in [0.1, 0.15) is 9.84 Å². The lowest BCUT2D eigenvalue weighted by Crippen LogP contribution is -2.36. The zero-order valence-electron chi connectivity index (χ0n) is 8.06. The predicted octanol–water partition coefficient (Wildman–Crippen LogP) is -1.08. The fourth-order valence-electron chi connectivity index (χ4n) is 1.12. The van der Waals surface area contributed by atoms with Crippen LogP contribution in [0.15, 0.2) is 0 Å². The number of sulfone groups is 1. The Balaban J connectivity index is 2.20. The molecule has 0 saturated heterocycles. The van der Waals surface area contributed by atoms with Crippen molar-refractivity contribution in [1.29, 1.82) is 0 Å². The normalized spacial score (nSPS) is 19.0. The monoisotopic (exact) mass is 221 g/mol. The maximum atomic E-state index is 11.1. The molecule has 0 aromatic heterocycles. The Hall–Kier alpha value is -0.620. The van der Waals surface area contributed by atoms with Crippen molar-refractivity contribution in [1.82, 2.24) is 5.32 Å². The molecule has 0 aliphatic heterocycles. The zero-order chi connectivity index (χ0) is 10.8. The first kappa shape index (κ1) is 11.5. The van der Waals surface area contributed by atoms with Gasteiger partial charge in [-0.05, 0) is 12.8 Å². The maximum absolute atomic E-state index is 11.1. The number of aliphatic hydroxyl groups excluding tert-OH is 1. The van der Waals surface area contributed by atoms with Gasteiger partial charge in [-0.15, -0.1) is 0 Å². The van der Waals surface area contributed by atoms with Gasteiger partial charge < -0.3 is 10.4 Å². The molecular formula is C8H15NO4S. The third-order valence-electron chi connectivity index (χ3n) is 1.96. The highest BCUT2D eigenvalue weighted by atomic mass is 32.2. The number of hydrogen-bond acceptors (Lipinski definition) is 4. The molecule has 1 aliphatic rings. The van der Waals surface area contributed by atoms with Gasteiger partial charge >= 0.3 is 0 Å². The largest absolute Gasteiger partial charge is 0.390 e. The van der Waals surface area contributed by atoms with Crippen molar-refractivity contribution < 1.29 is 18.3 Å². The Morgan fingerprint density at radius 1 is 1.57 bits per heavy atom. The average molecular weight is 221 g/mol. The molecule has 2 N–H and O–H groups in total. The molecule has 14 heavy (non-hydrogen) atoms. The van der Waals surface area contributed by atoms with Crippen molar-refractivity contribution in [3.8, 4) is 0 Å². The molecular weight excluding hydrogens is 206 g/mol. The Morgan fingerprint density at radius 3 is 2.57 bits per heavy atom. The third kappa shape index (κ3) is 4.57. The number of aliphatic hydroxyl groups is 1. The van der Waals surface area contributed by atoms with Crippen LogP contribution in [0.4, 0.5) is 0 Å². The van der Waals surface area contributed by atoms with E-state index in [1.165, 1.54) is 0 Å². The van der Waals surface area contributed by atoms with Gasteiger partial charge in [-0.3, -0.25) is 4.79 Å². The highest BCUT2D eigenvalue weighted by Gasteiger charge is 2.29. The Labute approximate surface area is 83.4 Å². The van der Waals surface area contributed by atoms with Crippen molar-refractivity contribution in [3.63, 3.8) is 0 Å². The topological polar surface area (TPSA) is 83.5 Å². The van der Waals surface area contributed by atoms with Gasteiger partial charge in [-0.1, -0.05) is 0 Å². The standard InChI is InChI=1S/C8H15NO4S/c1-14(12,13)5-7(10)4-9-8(11)6-2-3-6/h6-7,10H,2-5H2,1H3,(H,9,11). The van der Waals surface area contributed by atoms with Crippen molar-refractivity contribution in [2.75, 3.05) is 18.6 Å². The number of nitrogens with one attached hydrogen (secondary N) is 1. The summed E-state index contributed by atoms with van der Waals surface area (Å²) in [5.74, 6) is -0.309. The quantitative estimate of drug-likeness (QED) is 0.618. The van der Waals surface area contributed by atoms with Crippen molar-refractivity contribution >= 4 is 15.7 Å². The summed E-state index contributed by atoms with van der Waals surface area (Å²) in [6, 6.07) is 0. The fraction of sp³-hybridized carbons (Fsp3) is 0.875. The van der Waals surface area contributed by atoms with Crippen LogP contribution in [0.2, 0.25) is 0 Å². The second-order valence-corrected chi connectivity index (χ2v) is 5.95. The van der Waals surface area contributed by atoms with Crippen LogP contribution >= 0.6 is 0 Å². The summed E-state index contributed by atoms with van der Waals surface area (Å²) in [7, 11) is -3.18. The molecule has 0 aromatic rings. The number of carbonyl (C=O) groups is 1. The van der Waals surface area contributed by atoms with Gasteiger partial charge in [-0.2, -0.15) is 0 Å². The first-order valence-corrected chi connectivity index (χ1v) is 6.58. The van der Waals surface area contributed by atoms with E-state index in [4.69, 9.17) is 0 Å². The molecule has 5 nitrogen and oxygen atoms in total. The highest BCUT2D eigenvalue weighted by molar-refractivity contribution is 7.90. The molecule has 0 radical (unpaired) electrons. The van der Waals surface area contributed by atoms with E-state index in [2.05, 4.69) is 5.32 Å². The van der Waals surface area contributed by atoms with Crippen LogP contribution in [0.25, 0.3) is 0 Å². The maximum Gasteiger partial charge on any atom is 0.223 e. The summed E-state index contributed by atoms with van der Waals surface area (Å²) in [4.78, 5) is 11.1. The molecule has 0 bridgehead atoms. The summed E-state index contributed by atoms with van der Waals surface area (Å²) < 4.78 is 21.5. The van der Waals surface area contributed by atoms with Gasteiger partial charge in [0.25, 0.3) is 0 Å². The van der Waals surface area contributed by atoms with E-state index >= 15 is 0 Å². The van der Waals surface area contributed by atoms with Gasteiger partial charge in [0, 0.05) is 18.7 Å². The van der Waals surface area contributed by atoms with Gasteiger partial charge in [0.2, 0.25) is 5.91 Å². The molecule has 6 heteroatoms. The van der Waals surface area contributed by atoms with Crippen LogP contribution in [-0.2, 0) is 14.6 Å². The van der Waals surface area contributed by atoms with E-state index < -0.39 is 15.9 Å². The van der Waals surface area contributed by atoms with Gasteiger partial charge in [0.15, 0.2) is 0 Å². The molecule has 1 fully saturated rings. The van der Waals surface area contributed by atoms with E-state index in [1.54, 1.807) is 0 Å². The molecule has 0 aromatic carbocycles. The summed E-state index contributed by atoms with van der Waals surface area (Å²) in [6.45, 7) is 0.0163. The molecule has 1 atom stereocenters. The molecule has 1 unspecified atom stereocenters. The molecule has 1 aliphatic carbocycles. The third-order valence-corrected chi connectivity index (χ3v) is 2.95. The Morgan fingerprint density at radius 2 is 2.14 bits per heavy atom. The van der Waals surface area contributed by atoms with Gasteiger partial charge in [-0.25, -0.2) is 8.42 Å². The van der Waals surface area contributed by atoms with E-state index in [9.17, 15) is 18.3 Å². The molecule has 1 saturated carbocycles. The smallest absolute Gasteiger partial charge is 0.223 e. The van der Waals surface area contributed by atoms with Crippen LogP contribution in [0.1, 0.15) is 12.8 Å². The molecule has 1 rings (SSSR count).